The number of aryl methyl sites for hydroxylation is 2. The van der Waals surface area contributed by atoms with Gasteiger partial charge in [-0.05, 0) is 212 Å². The first-order valence-corrected chi connectivity index (χ1v) is 25.9. The Bertz CT molecular complexity index is 2210. The Kier molecular flexibility index (Phi) is 15.7. The number of nitrogens with one attached hydrogen (secondary N) is 2. The van der Waals surface area contributed by atoms with E-state index in [2.05, 4.69) is 91.5 Å². The molecule has 0 saturated heterocycles. The second-order valence-electron chi connectivity index (χ2n) is 23.0. The van der Waals surface area contributed by atoms with Gasteiger partial charge in [-0.15, -0.1) is 0 Å². The lowest BCUT2D eigenvalue weighted by Gasteiger charge is -2.42. The molecule has 10 heteroatoms. The first kappa shape index (κ1) is 50.3. The molecule has 366 valence electrons. The van der Waals surface area contributed by atoms with E-state index in [4.69, 9.17) is 9.47 Å². The molecule has 2 unspecified atom stereocenters. The Morgan fingerprint density at radius 1 is 0.627 bits per heavy atom. The molecule has 2 fully saturated rings. The molecule has 4 aliphatic carbocycles. The van der Waals surface area contributed by atoms with Gasteiger partial charge in [-0.3, -0.25) is 9.59 Å². The van der Waals surface area contributed by atoms with Gasteiger partial charge in [0.1, 0.15) is 11.2 Å². The maximum atomic E-state index is 13.7. The van der Waals surface area contributed by atoms with Crippen molar-refractivity contribution >= 4 is 35.1 Å². The summed E-state index contributed by atoms with van der Waals surface area (Å²) < 4.78 is 10.7. The van der Waals surface area contributed by atoms with Crippen molar-refractivity contribution in [3.05, 3.63) is 80.9 Å². The number of carbonyl (C=O) groups excluding carboxylic acids is 4. The first-order valence-electron chi connectivity index (χ1n) is 25.9. The molecular weight excluding hydrogens is 837 g/mol. The lowest BCUT2D eigenvalue weighted by Crippen LogP contribution is -2.50. The topological polar surface area (TPSA) is 117 Å². The lowest BCUT2D eigenvalue weighted by atomic mass is 9.79. The standard InChI is InChI=1S/C29H42N2O3.C28H40N2O3/c1-18(2)26-24-16-22-9-7-8-19(3)25(22)23(24)14-15-31(26)27(32)21-12-10-20(11-13-21)17-30-28(33)34-29(4,5)6;1-6-24-23-16-21-9-7-8-18(2)25(21)22(23)14-15-30(24)26(31)20-12-10-19(11-13-20)17-29-27(32)33-28(3,4)5/h7-9,18,20-21,26H,10-17H2,1-6H3,(H,30,33);7-9,19-20,24H,6,10-17H2,1-5H3,(H,29,32). The Hall–Kier alpha value is -4.60. The highest BCUT2D eigenvalue weighted by Crippen LogP contribution is 2.46. The van der Waals surface area contributed by atoms with Crippen molar-refractivity contribution in [3.8, 4) is 0 Å². The SMILES string of the molecule is CCC1C2=C(CCN1C(=O)C1CCC(CNC(=O)OC(C)(C)C)CC1)c1c(C)cccc1C2.Cc1cccc2c1C1=C(C2)C(C(C)C)N(C(=O)C2CCC(CNC(=O)OC(C)(C)C)CC2)CC1. The average molecular weight is 919 g/mol. The number of rotatable bonds is 8. The van der Waals surface area contributed by atoms with Gasteiger partial charge in [0.05, 0.1) is 12.1 Å². The Balaban J connectivity index is 0.000000199. The summed E-state index contributed by atoms with van der Waals surface area (Å²) >= 11 is 0. The highest BCUT2D eigenvalue weighted by Gasteiger charge is 2.42. The summed E-state index contributed by atoms with van der Waals surface area (Å²) in [5.41, 5.74) is 13.5. The number of fused-ring (bicyclic) bond motifs is 4. The van der Waals surface area contributed by atoms with Crippen LogP contribution in [0.4, 0.5) is 9.59 Å². The summed E-state index contributed by atoms with van der Waals surface area (Å²) in [5, 5.41) is 5.82. The normalized spacial score (nSPS) is 24.8. The van der Waals surface area contributed by atoms with Gasteiger partial charge in [-0.1, -0.05) is 57.2 Å². The highest BCUT2D eigenvalue weighted by molar-refractivity contribution is 5.86. The molecule has 0 radical (unpaired) electrons. The van der Waals surface area contributed by atoms with Gasteiger partial charge in [-0.2, -0.15) is 0 Å². The summed E-state index contributed by atoms with van der Waals surface area (Å²) in [5.74, 6) is 2.15. The molecule has 2 heterocycles. The molecule has 67 heavy (non-hydrogen) atoms. The molecule has 2 atom stereocenters. The van der Waals surface area contributed by atoms with Crippen molar-refractivity contribution < 1.29 is 28.7 Å². The van der Waals surface area contributed by atoms with Crippen LogP contribution in [-0.2, 0) is 31.9 Å². The predicted octanol–water partition coefficient (Wildman–Crippen LogP) is 11.5. The number of hydrogen-bond donors (Lipinski definition) is 2. The van der Waals surface area contributed by atoms with Gasteiger partial charge in [0.25, 0.3) is 0 Å². The number of nitrogens with zero attached hydrogens (tertiary/aromatic N) is 2. The quantitative estimate of drug-likeness (QED) is 0.272. The molecule has 2 aromatic rings. The molecule has 6 aliphatic rings. The third kappa shape index (κ3) is 11.8. The van der Waals surface area contributed by atoms with Gasteiger partial charge in [0.15, 0.2) is 0 Å². The van der Waals surface area contributed by atoms with E-state index >= 15 is 0 Å². The number of amides is 4. The lowest BCUT2D eigenvalue weighted by molar-refractivity contribution is -0.140. The zero-order valence-corrected chi connectivity index (χ0v) is 42.9. The minimum atomic E-state index is -0.482. The van der Waals surface area contributed by atoms with Gasteiger partial charge >= 0.3 is 12.2 Å². The van der Waals surface area contributed by atoms with E-state index in [-0.39, 0.29) is 36.1 Å². The third-order valence-corrected chi connectivity index (χ3v) is 15.4. The minimum absolute atomic E-state index is 0.103. The van der Waals surface area contributed by atoms with Gasteiger partial charge in [0.2, 0.25) is 11.8 Å². The summed E-state index contributed by atoms with van der Waals surface area (Å²) in [6.45, 7) is 25.3. The minimum Gasteiger partial charge on any atom is -0.444 e. The van der Waals surface area contributed by atoms with Crippen molar-refractivity contribution in [2.45, 2.75) is 183 Å². The summed E-state index contributed by atoms with van der Waals surface area (Å²) in [4.78, 5) is 55.7. The largest absolute Gasteiger partial charge is 0.444 e. The fourth-order valence-electron chi connectivity index (χ4n) is 12.4. The number of benzene rings is 2. The van der Waals surface area contributed by atoms with Crippen LogP contribution in [-0.4, -0.2) is 83.3 Å². The zero-order chi connectivity index (χ0) is 48.4. The molecule has 10 nitrogen and oxygen atoms in total. The molecule has 2 aromatic carbocycles. The molecule has 0 spiro atoms. The Morgan fingerprint density at radius 3 is 1.48 bits per heavy atom. The van der Waals surface area contributed by atoms with Crippen molar-refractivity contribution in [1.82, 2.24) is 20.4 Å². The van der Waals surface area contributed by atoms with E-state index in [1.54, 1.807) is 0 Å². The van der Waals surface area contributed by atoms with Crippen LogP contribution >= 0.6 is 0 Å². The van der Waals surface area contributed by atoms with Crippen LogP contribution < -0.4 is 10.6 Å². The van der Waals surface area contributed by atoms with Crippen LogP contribution in [0.1, 0.15) is 166 Å². The highest BCUT2D eigenvalue weighted by atomic mass is 16.6. The van der Waals surface area contributed by atoms with Crippen molar-refractivity contribution in [2.24, 2.45) is 29.6 Å². The summed E-state index contributed by atoms with van der Waals surface area (Å²) in [7, 11) is 0. The van der Waals surface area contributed by atoms with Gasteiger partial charge < -0.3 is 29.9 Å². The molecule has 0 bridgehead atoms. The Labute approximate surface area is 402 Å². The van der Waals surface area contributed by atoms with E-state index in [0.29, 0.717) is 42.7 Å². The predicted molar refractivity (Wildman–Crippen MR) is 268 cm³/mol. The monoisotopic (exact) mass is 919 g/mol. The molecule has 2 N–H and O–H groups in total. The fraction of sp³-hybridized carbons (Fsp3) is 0.649. The van der Waals surface area contributed by atoms with Crippen LogP contribution in [0.5, 0.6) is 0 Å². The van der Waals surface area contributed by atoms with Crippen molar-refractivity contribution in [2.75, 3.05) is 26.2 Å². The zero-order valence-electron chi connectivity index (χ0n) is 42.9. The number of hydrogen-bond acceptors (Lipinski definition) is 6. The molecule has 2 aliphatic heterocycles. The molecule has 8 rings (SSSR count). The number of carbonyl (C=O) groups is 4. The van der Waals surface area contributed by atoms with Crippen LogP contribution in [0.15, 0.2) is 47.5 Å². The van der Waals surface area contributed by atoms with E-state index in [1.807, 2.05) is 41.5 Å². The maximum Gasteiger partial charge on any atom is 0.407 e. The molecule has 0 aromatic heterocycles. The average Bonchev–Trinajstić information content (AvgIpc) is 3.86. The van der Waals surface area contributed by atoms with Crippen LogP contribution in [0.3, 0.4) is 0 Å². The van der Waals surface area contributed by atoms with Crippen LogP contribution in [0.2, 0.25) is 0 Å². The van der Waals surface area contributed by atoms with E-state index in [0.717, 1.165) is 96.6 Å². The second kappa shape index (κ2) is 21.0. The summed E-state index contributed by atoms with van der Waals surface area (Å²) in [6.07, 6.45) is 11.8. The van der Waals surface area contributed by atoms with E-state index in [1.165, 1.54) is 55.7 Å². The van der Waals surface area contributed by atoms with E-state index < -0.39 is 11.2 Å². The first-order chi connectivity index (χ1) is 31.7. The van der Waals surface area contributed by atoms with Crippen molar-refractivity contribution in [3.63, 3.8) is 0 Å². The van der Waals surface area contributed by atoms with Crippen LogP contribution in [0.25, 0.3) is 11.1 Å². The van der Waals surface area contributed by atoms with Crippen LogP contribution in [0, 0.1) is 43.4 Å². The number of alkyl carbamates (subject to hydrolysis) is 2. The number of ether oxygens (including phenoxy) is 2. The van der Waals surface area contributed by atoms with Crippen molar-refractivity contribution in [1.29, 1.82) is 0 Å². The summed E-state index contributed by atoms with van der Waals surface area (Å²) in [6, 6.07) is 13.7. The maximum absolute atomic E-state index is 13.7. The second-order valence-corrected chi connectivity index (χ2v) is 23.0. The molecular formula is C57H82N4O6. The van der Waals surface area contributed by atoms with Gasteiger partial charge in [0, 0.05) is 38.0 Å². The van der Waals surface area contributed by atoms with Gasteiger partial charge in [-0.25, -0.2) is 9.59 Å². The molecule has 4 amide bonds. The molecule has 2 saturated carbocycles. The third-order valence-electron chi connectivity index (χ3n) is 15.4. The van der Waals surface area contributed by atoms with E-state index in [9.17, 15) is 19.2 Å². The fourth-order valence-corrected chi connectivity index (χ4v) is 12.4. The Morgan fingerprint density at radius 2 is 1.04 bits per heavy atom. The smallest absolute Gasteiger partial charge is 0.407 e.